The van der Waals surface area contributed by atoms with E-state index in [4.69, 9.17) is 10.5 Å². The van der Waals surface area contributed by atoms with Crippen molar-refractivity contribution in [1.29, 1.82) is 0 Å². The molecular formula is C15H22N4O3S. The van der Waals surface area contributed by atoms with E-state index in [0.717, 1.165) is 0 Å². The highest BCUT2D eigenvalue weighted by Crippen LogP contribution is 2.29. The van der Waals surface area contributed by atoms with Crippen molar-refractivity contribution in [3.05, 3.63) is 20.8 Å². The van der Waals surface area contributed by atoms with E-state index in [1.807, 2.05) is 6.92 Å². The zero-order valence-electron chi connectivity index (χ0n) is 13.8. The van der Waals surface area contributed by atoms with Crippen molar-refractivity contribution in [3.63, 3.8) is 0 Å². The zero-order chi connectivity index (χ0) is 17.1. The van der Waals surface area contributed by atoms with Gasteiger partial charge in [-0.1, -0.05) is 0 Å². The zero-order valence-corrected chi connectivity index (χ0v) is 14.6. The first-order valence-corrected chi connectivity index (χ1v) is 8.41. The molecule has 0 amide bonds. The van der Waals surface area contributed by atoms with Gasteiger partial charge in [-0.25, -0.2) is 9.78 Å². The Labute approximate surface area is 138 Å². The number of anilines is 1. The van der Waals surface area contributed by atoms with Crippen LogP contribution >= 0.6 is 11.3 Å². The van der Waals surface area contributed by atoms with Crippen molar-refractivity contribution >= 4 is 33.5 Å². The molecule has 0 aliphatic rings. The third-order valence-corrected chi connectivity index (χ3v) is 4.49. The Morgan fingerprint density at radius 1 is 1.48 bits per heavy atom. The smallest absolute Gasteiger partial charge is 0.348 e. The molecule has 0 unspecified atom stereocenters. The molecule has 8 heteroatoms. The summed E-state index contributed by atoms with van der Waals surface area (Å²) in [5.41, 5.74) is 5.96. The molecule has 0 spiro atoms. The van der Waals surface area contributed by atoms with Gasteiger partial charge in [0, 0.05) is 19.6 Å². The molecule has 0 aliphatic carbocycles. The van der Waals surface area contributed by atoms with Gasteiger partial charge in [-0.2, -0.15) is 0 Å². The summed E-state index contributed by atoms with van der Waals surface area (Å²) in [6, 6.07) is 0. The Morgan fingerprint density at radius 3 is 2.74 bits per heavy atom. The van der Waals surface area contributed by atoms with Crippen LogP contribution in [0.1, 0.15) is 36.0 Å². The summed E-state index contributed by atoms with van der Waals surface area (Å²) in [6.45, 7) is 8.65. The van der Waals surface area contributed by atoms with E-state index in [1.165, 1.54) is 11.3 Å². The maximum Gasteiger partial charge on any atom is 0.348 e. The minimum absolute atomic E-state index is 0.158. The molecule has 0 atom stereocenters. The Bertz CT molecular complexity index is 779. The van der Waals surface area contributed by atoms with E-state index in [2.05, 4.69) is 10.3 Å². The Balaban J connectivity index is 2.61. The number of rotatable bonds is 6. The van der Waals surface area contributed by atoms with Gasteiger partial charge in [-0.3, -0.25) is 9.36 Å². The van der Waals surface area contributed by atoms with Crippen molar-refractivity contribution in [1.82, 2.24) is 9.55 Å². The molecule has 0 fully saturated rings. The van der Waals surface area contributed by atoms with Crippen molar-refractivity contribution in [2.24, 2.45) is 5.73 Å². The summed E-state index contributed by atoms with van der Waals surface area (Å²) in [6.07, 6.45) is -0.214. The molecule has 3 N–H and O–H groups in total. The molecule has 0 saturated carbocycles. The van der Waals surface area contributed by atoms with Gasteiger partial charge in [0.25, 0.3) is 5.56 Å². The SMILES string of the molecule is CCn1c(NCCN)nc2sc(C(=O)OC(C)C)c(C)c2c1=O. The molecule has 2 aromatic rings. The van der Waals surface area contributed by atoms with E-state index in [9.17, 15) is 9.59 Å². The van der Waals surface area contributed by atoms with Gasteiger partial charge in [0.15, 0.2) is 0 Å². The molecule has 0 bridgehead atoms. The average molecular weight is 338 g/mol. The van der Waals surface area contributed by atoms with E-state index in [1.54, 1.807) is 25.3 Å². The van der Waals surface area contributed by atoms with Crippen LogP contribution in [-0.4, -0.2) is 34.7 Å². The van der Waals surface area contributed by atoms with E-state index in [-0.39, 0.29) is 11.7 Å². The summed E-state index contributed by atoms with van der Waals surface area (Å²) >= 11 is 1.18. The summed E-state index contributed by atoms with van der Waals surface area (Å²) < 4.78 is 6.79. The van der Waals surface area contributed by atoms with Crippen LogP contribution in [0.5, 0.6) is 0 Å². The molecule has 2 heterocycles. The summed E-state index contributed by atoms with van der Waals surface area (Å²) in [5.74, 6) is 0.0555. The van der Waals surface area contributed by atoms with Gasteiger partial charge in [0.05, 0.1) is 11.5 Å². The van der Waals surface area contributed by atoms with Crippen molar-refractivity contribution in [2.75, 3.05) is 18.4 Å². The number of aryl methyl sites for hydroxylation is 1. The molecule has 7 nitrogen and oxygen atoms in total. The minimum atomic E-state index is -0.417. The lowest BCUT2D eigenvalue weighted by atomic mass is 10.2. The van der Waals surface area contributed by atoms with Gasteiger partial charge < -0.3 is 15.8 Å². The number of ether oxygens (including phenoxy) is 1. The fourth-order valence-corrected chi connectivity index (χ4v) is 3.35. The number of hydrogen-bond acceptors (Lipinski definition) is 7. The molecule has 0 saturated heterocycles. The number of carbonyl (C=O) groups excluding carboxylic acids is 1. The number of aromatic nitrogens is 2. The van der Waals surface area contributed by atoms with Crippen molar-refractivity contribution in [2.45, 2.75) is 40.3 Å². The topological polar surface area (TPSA) is 99.2 Å². The second-order valence-electron chi connectivity index (χ2n) is 5.39. The fourth-order valence-electron chi connectivity index (χ4n) is 2.29. The first-order chi connectivity index (χ1) is 10.9. The molecule has 126 valence electrons. The van der Waals surface area contributed by atoms with E-state index in [0.29, 0.717) is 46.2 Å². The number of thiophene rings is 1. The second kappa shape index (κ2) is 7.10. The molecule has 0 aromatic carbocycles. The summed E-state index contributed by atoms with van der Waals surface area (Å²) in [5, 5.41) is 3.53. The van der Waals surface area contributed by atoms with Crippen molar-refractivity contribution in [3.8, 4) is 0 Å². The van der Waals surface area contributed by atoms with Gasteiger partial charge >= 0.3 is 5.97 Å². The van der Waals surface area contributed by atoms with Crippen LogP contribution < -0.4 is 16.6 Å². The number of fused-ring (bicyclic) bond motifs is 1. The highest BCUT2D eigenvalue weighted by Gasteiger charge is 2.22. The fraction of sp³-hybridized carbons (Fsp3) is 0.533. The maximum atomic E-state index is 12.7. The predicted molar refractivity (Wildman–Crippen MR) is 92.4 cm³/mol. The number of nitrogens with one attached hydrogen (secondary N) is 1. The molecule has 0 radical (unpaired) electrons. The van der Waals surface area contributed by atoms with Gasteiger partial charge in [-0.05, 0) is 33.3 Å². The summed E-state index contributed by atoms with van der Waals surface area (Å²) in [4.78, 5) is 30.4. The Hall–Kier alpha value is -1.93. The number of carbonyl (C=O) groups is 1. The number of esters is 1. The van der Waals surface area contributed by atoms with Gasteiger partial charge in [0.1, 0.15) is 9.71 Å². The highest BCUT2D eigenvalue weighted by atomic mass is 32.1. The quantitative estimate of drug-likeness (QED) is 0.778. The molecule has 23 heavy (non-hydrogen) atoms. The third-order valence-electron chi connectivity index (χ3n) is 3.32. The van der Waals surface area contributed by atoms with Crippen LogP contribution in [0.4, 0.5) is 5.95 Å². The van der Waals surface area contributed by atoms with Crippen LogP contribution in [0.2, 0.25) is 0 Å². The summed E-state index contributed by atoms with van der Waals surface area (Å²) in [7, 11) is 0. The first kappa shape index (κ1) is 17.4. The standard InChI is InChI=1S/C15H22N4O3S/c1-5-19-13(20)10-9(4)11(14(21)22-8(2)3)23-12(10)18-15(19)17-7-6-16/h8H,5-7,16H2,1-4H3,(H,17,18). The van der Waals surface area contributed by atoms with Crippen LogP contribution in [0.15, 0.2) is 4.79 Å². The van der Waals surface area contributed by atoms with Crippen molar-refractivity contribution < 1.29 is 9.53 Å². The van der Waals surface area contributed by atoms with Crippen LogP contribution in [-0.2, 0) is 11.3 Å². The van der Waals surface area contributed by atoms with Crippen LogP contribution in [0.25, 0.3) is 10.2 Å². The molecule has 2 aromatic heterocycles. The lowest BCUT2D eigenvalue weighted by Crippen LogP contribution is -2.26. The predicted octanol–water partition coefficient (Wildman–Crippen LogP) is 1.72. The van der Waals surface area contributed by atoms with Crippen LogP contribution in [0, 0.1) is 6.92 Å². The number of nitrogens with two attached hydrogens (primary N) is 1. The highest BCUT2D eigenvalue weighted by molar-refractivity contribution is 7.20. The number of nitrogens with zero attached hydrogens (tertiary/aromatic N) is 2. The normalized spacial score (nSPS) is 11.2. The lowest BCUT2D eigenvalue weighted by Gasteiger charge is -2.11. The largest absolute Gasteiger partial charge is 0.459 e. The lowest BCUT2D eigenvalue weighted by molar-refractivity contribution is 0.0383. The average Bonchev–Trinajstić information content (AvgIpc) is 2.81. The number of hydrogen-bond donors (Lipinski definition) is 2. The van der Waals surface area contributed by atoms with Crippen LogP contribution in [0.3, 0.4) is 0 Å². The minimum Gasteiger partial charge on any atom is -0.459 e. The monoisotopic (exact) mass is 338 g/mol. The Morgan fingerprint density at radius 2 is 2.17 bits per heavy atom. The van der Waals surface area contributed by atoms with Gasteiger partial charge in [0.2, 0.25) is 5.95 Å². The second-order valence-corrected chi connectivity index (χ2v) is 6.39. The molecule has 2 rings (SSSR count). The maximum absolute atomic E-state index is 12.7. The van der Waals surface area contributed by atoms with E-state index >= 15 is 0 Å². The Kier molecular flexibility index (Phi) is 5.38. The van der Waals surface area contributed by atoms with Gasteiger partial charge in [-0.15, -0.1) is 11.3 Å². The molecular weight excluding hydrogens is 316 g/mol. The first-order valence-electron chi connectivity index (χ1n) is 7.59. The molecule has 0 aliphatic heterocycles. The third kappa shape index (κ3) is 3.37. The van der Waals surface area contributed by atoms with E-state index < -0.39 is 5.97 Å².